The Bertz CT molecular complexity index is 689. The molecule has 0 N–H and O–H groups in total. The topological polar surface area (TPSA) is 39.2 Å². The maximum Gasteiger partial charge on any atom is 0.416 e. The van der Waals surface area contributed by atoms with Crippen molar-refractivity contribution in [2.75, 3.05) is 7.11 Å². The van der Waals surface area contributed by atoms with E-state index in [1.54, 1.807) is 0 Å². The van der Waals surface area contributed by atoms with E-state index in [2.05, 4.69) is 9.72 Å². The largest absolute Gasteiger partial charge is 0.465 e. The lowest BCUT2D eigenvalue weighted by Gasteiger charge is -2.09. The fraction of sp³-hybridized carbons (Fsp3) is 0.143. The second-order valence-corrected chi connectivity index (χ2v) is 4.11. The van der Waals surface area contributed by atoms with E-state index in [1.807, 2.05) is 0 Å². The van der Waals surface area contributed by atoms with Crippen molar-refractivity contribution in [3.8, 4) is 11.3 Å². The van der Waals surface area contributed by atoms with E-state index < -0.39 is 23.5 Å². The molecule has 0 aliphatic carbocycles. The smallest absolute Gasteiger partial charge is 0.416 e. The maximum absolute atomic E-state index is 13.8. The first kappa shape index (κ1) is 17.9. The Morgan fingerprint density at radius 2 is 1.86 bits per heavy atom. The third kappa shape index (κ3) is 3.73. The van der Waals surface area contributed by atoms with Crippen LogP contribution < -0.4 is 0 Å². The van der Waals surface area contributed by atoms with Gasteiger partial charge in [-0.1, -0.05) is 0 Å². The number of pyridine rings is 1. The van der Waals surface area contributed by atoms with Crippen LogP contribution >= 0.6 is 12.4 Å². The molecule has 3 nitrogen and oxygen atoms in total. The number of esters is 1. The Morgan fingerprint density at radius 1 is 1.18 bits per heavy atom. The van der Waals surface area contributed by atoms with Crippen molar-refractivity contribution < 1.29 is 27.1 Å². The van der Waals surface area contributed by atoms with Crippen LogP contribution in [0.4, 0.5) is 17.6 Å². The Morgan fingerprint density at radius 3 is 2.41 bits per heavy atom. The van der Waals surface area contributed by atoms with Crippen LogP contribution in [0.3, 0.4) is 0 Å². The highest BCUT2D eigenvalue weighted by atomic mass is 35.5. The lowest BCUT2D eigenvalue weighted by atomic mass is 10.1. The number of hydrogen-bond acceptors (Lipinski definition) is 3. The number of rotatable bonds is 2. The zero-order chi connectivity index (χ0) is 15.6. The van der Waals surface area contributed by atoms with Gasteiger partial charge in [-0.2, -0.15) is 13.2 Å². The molecule has 8 heteroatoms. The highest BCUT2D eigenvalue weighted by Crippen LogP contribution is 2.32. The number of carbonyl (C=O) groups excluding carboxylic acids is 1. The van der Waals surface area contributed by atoms with Crippen molar-refractivity contribution in [3.05, 3.63) is 53.5 Å². The van der Waals surface area contributed by atoms with Crippen LogP contribution in [0, 0.1) is 5.82 Å². The number of hydrogen-bond donors (Lipinski definition) is 0. The van der Waals surface area contributed by atoms with Gasteiger partial charge in [0.05, 0.1) is 23.9 Å². The van der Waals surface area contributed by atoms with Gasteiger partial charge in [0, 0.05) is 11.8 Å². The van der Waals surface area contributed by atoms with Crippen molar-refractivity contribution in [1.29, 1.82) is 0 Å². The standard InChI is InChI=1S/C14H9F4NO2.ClH/c1-21-13(20)8-4-5-19-12(6-8)10-3-2-9(7-11(10)15)14(16,17)18;/h2-7H,1H3;1H. The normalized spacial score (nSPS) is 10.8. The minimum atomic E-state index is -4.62. The Hall–Kier alpha value is -2.15. The average molecular weight is 336 g/mol. The zero-order valence-corrected chi connectivity index (χ0v) is 12.0. The fourth-order valence-electron chi connectivity index (χ4n) is 1.72. The van der Waals surface area contributed by atoms with Gasteiger partial charge in [0.25, 0.3) is 0 Å². The van der Waals surface area contributed by atoms with E-state index >= 15 is 0 Å². The molecule has 1 aromatic carbocycles. The van der Waals surface area contributed by atoms with Gasteiger partial charge < -0.3 is 4.74 Å². The number of ether oxygens (including phenoxy) is 1. The van der Waals surface area contributed by atoms with E-state index in [-0.39, 0.29) is 29.2 Å². The molecule has 0 amide bonds. The molecule has 2 aromatic rings. The molecule has 0 radical (unpaired) electrons. The summed E-state index contributed by atoms with van der Waals surface area (Å²) >= 11 is 0. The number of benzene rings is 1. The molecule has 0 fully saturated rings. The third-order valence-electron chi connectivity index (χ3n) is 2.75. The molecule has 0 saturated carbocycles. The van der Waals surface area contributed by atoms with Gasteiger partial charge in [0.1, 0.15) is 5.82 Å². The second-order valence-electron chi connectivity index (χ2n) is 4.11. The van der Waals surface area contributed by atoms with Crippen LogP contribution in [0.5, 0.6) is 0 Å². The fourth-order valence-corrected chi connectivity index (χ4v) is 1.72. The van der Waals surface area contributed by atoms with Gasteiger partial charge in [-0.15, -0.1) is 12.4 Å². The molecule has 0 atom stereocenters. The molecule has 0 spiro atoms. The molecule has 0 aliphatic rings. The molecular formula is C14H10ClF4NO2. The van der Waals surface area contributed by atoms with Crippen molar-refractivity contribution in [3.63, 3.8) is 0 Å². The summed E-state index contributed by atoms with van der Waals surface area (Å²) in [4.78, 5) is 15.2. The number of carbonyl (C=O) groups is 1. The van der Waals surface area contributed by atoms with Crippen molar-refractivity contribution in [2.45, 2.75) is 6.18 Å². The molecule has 1 heterocycles. The van der Waals surface area contributed by atoms with Gasteiger partial charge in [-0.3, -0.25) is 4.98 Å². The highest BCUT2D eigenvalue weighted by molar-refractivity contribution is 5.90. The van der Waals surface area contributed by atoms with Crippen LogP contribution in [0.2, 0.25) is 0 Å². The minimum Gasteiger partial charge on any atom is -0.465 e. The summed E-state index contributed by atoms with van der Waals surface area (Å²) in [5.41, 5.74) is -1.05. The summed E-state index contributed by atoms with van der Waals surface area (Å²) < 4.78 is 55.8. The summed E-state index contributed by atoms with van der Waals surface area (Å²) in [6.07, 6.45) is -3.38. The predicted octanol–water partition coefficient (Wildman–Crippen LogP) is 4.11. The van der Waals surface area contributed by atoms with E-state index in [0.717, 1.165) is 12.1 Å². The molecule has 0 aliphatic heterocycles. The predicted molar refractivity (Wildman–Crippen MR) is 73.2 cm³/mol. The summed E-state index contributed by atoms with van der Waals surface area (Å²) in [5, 5.41) is 0. The van der Waals surface area contributed by atoms with Gasteiger partial charge in [0.15, 0.2) is 0 Å². The summed E-state index contributed by atoms with van der Waals surface area (Å²) in [6, 6.07) is 4.73. The zero-order valence-electron chi connectivity index (χ0n) is 11.1. The monoisotopic (exact) mass is 335 g/mol. The van der Waals surface area contributed by atoms with Gasteiger partial charge in [0.2, 0.25) is 0 Å². The Kier molecular flexibility index (Phi) is 5.48. The number of methoxy groups -OCH3 is 1. The molecular weight excluding hydrogens is 326 g/mol. The van der Waals surface area contributed by atoms with Gasteiger partial charge >= 0.3 is 12.1 Å². The average Bonchev–Trinajstić information content (AvgIpc) is 2.45. The lowest BCUT2D eigenvalue weighted by Crippen LogP contribution is -2.06. The van der Waals surface area contributed by atoms with E-state index in [1.165, 1.54) is 25.4 Å². The van der Waals surface area contributed by atoms with Crippen LogP contribution in [-0.2, 0) is 10.9 Å². The minimum absolute atomic E-state index is 0. The maximum atomic E-state index is 13.8. The molecule has 2 rings (SSSR count). The molecule has 118 valence electrons. The van der Waals surface area contributed by atoms with E-state index in [9.17, 15) is 22.4 Å². The molecule has 0 unspecified atom stereocenters. The van der Waals surface area contributed by atoms with Crippen LogP contribution in [0.25, 0.3) is 11.3 Å². The number of aromatic nitrogens is 1. The van der Waals surface area contributed by atoms with Crippen LogP contribution in [0.1, 0.15) is 15.9 Å². The quantitative estimate of drug-likeness (QED) is 0.612. The van der Waals surface area contributed by atoms with Crippen LogP contribution in [-0.4, -0.2) is 18.1 Å². The lowest BCUT2D eigenvalue weighted by molar-refractivity contribution is -0.137. The molecule has 1 aromatic heterocycles. The van der Waals surface area contributed by atoms with Gasteiger partial charge in [-0.05, 0) is 30.3 Å². The van der Waals surface area contributed by atoms with Gasteiger partial charge in [-0.25, -0.2) is 9.18 Å². The Labute approximate surface area is 129 Å². The number of alkyl halides is 3. The first-order valence-corrected chi connectivity index (χ1v) is 5.74. The summed E-state index contributed by atoms with van der Waals surface area (Å²) in [6.45, 7) is 0. The van der Waals surface area contributed by atoms with Crippen molar-refractivity contribution in [1.82, 2.24) is 4.98 Å². The molecule has 0 bridgehead atoms. The third-order valence-corrected chi connectivity index (χ3v) is 2.75. The van der Waals surface area contributed by atoms with E-state index in [0.29, 0.717) is 6.07 Å². The number of nitrogens with zero attached hydrogens (tertiary/aromatic N) is 1. The molecule has 0 saturated heterocycles. The SMILES string of the molecule is COC(=O)c1ccnc(-c2ccc(C(F)(F)F)cc2F)c1.Cl. The first-order valence-electron chi connectivity index (χ1n) is 5.74. The first-order chi connectivity index (χ1) is 9.82. The summed E-state index contributed by atoms with van der Waals surface area (Å²) in [7, 11) is 1.18. The van der Waals surface area contributed by atoms with E-state index in [4.69, 9.17) is 0 Å². The summed E-state index contributed by atoms with van der Waals surface area (Å²) in [5.74, 6) is -1.72. The molecule has 22 heavy (non-hydrogen) atoms. The highest BCUT2D eigenvalue weighted by Gasteiger charge is 2.31. The number of halogens is 5. The van der Waals surface area contributed by atoms with Crippen molar-refractivity contribution in [2.24, 2.45) is 0 Å². The van der Waals surface area contributed by atoms with Crippen LogP contribution in [0.15, 0.2) is 36.5 Å². The Balaban J connectivity index is 0.00000242. The second kappa shape index (κ2) is 6.74. The van der Waals surface area contributed by atoms with Crippen molar-refractivity contribution >= 4 is 18.4 Å².